The molecule has 0 saturated heterocycles. The van der Waals surface area contributed by atoms with Crippen LogP contribution in [0.1, 0.15) is 5.56 Å². The Kier molecular flexibility index (Phi) is 4.65. The average molecular weight is 373 g/mol. The first-order valence-electron chi connectivity index (χ1n) is 8.66. The van der Waals surface area contributed by atoms with Gasteiger partial charge in [0.25, 0.3) is 0 Å². The molecule has 0 atom stereocenters. The maximum atomic E-state index is 9.37. The van der Waals surface area contributed by atoms with Gasteiger partial charge in [0.15, 0.2) is 12.2 Å². The highest BCUT2D eigenvalue weighted by Gasteiger charge is 2.11. The molecule has 6 N–H and O–H groups in total. The highest BCUT2D eigenvalue weighted by Crippen LogP contribution is 2.32. The van der Waals surface area contributed by atoms with Crippen LogP contribution in [0.4, 0.5) is 22.9 Å². The van der Waals surface area contributed by atoms with Gasteiger partial charge in [-0.1, -0.05) is 18.2 Å². The number of oxazole rings is 1. The summed E-state index contributed by atoms with van der Waals surface area (Å²) in [4.78, 5) is 8.54. The van der Waals surface area contributed by atoms with E-state index in [0.717, 1.165) is 22.4 Å². The van der Waals surface area contributed by atoms with Crippen molar-refractivity contribution < 1.29 is 9.52 Å². The number of anilines is 4. The van der Waals surface area contributed by atoms with Gasteiger partial charge in [-0.15, -0.1) is 0 Å². The van der Waals surface area contributed by atoms with Crippen LogP contribution in [-0.4, -0.2) is 15.1 Å². The lowest BCUT2D eigenvalue weighted by Gasteiger charge is -2.13. The molecule has 0 radical (unpaired) electrons. The number of aromatic nitrogens is 2. The van der Waals surface area contributed by atoms with E-state index in [2.05, 4.69) is 15.3 Å². The Labute approximate surface area is 161 Å². The number of aliphatic hydroxyl groups excluding tert-OH is 1. The predicted octanol–water partition coefficient (Wildman–Crippen LogP) is 3.80. The van der Waals surface area contributed by atoms with Crippen LogP contribution in [0.15, 0.2) is 71.6 Å². The molecular formula is C21H19N5O2. The number of nitrogen functional groups attached to an aromatic ring is 2. The van der Waals surface area contributed by atoms with Crippen molar-refractivity contribution in [2.45, 2.75) is 6.61 Å². The molecule has 0 aliphatic rings. The zero-order chi connectivity index (χ0) is 19.5. The second kappa shape index (κ2) is 7.42. The normalized spacial score (nSPS) is 10.8. The van der Waals surface area contributed by atoms with Gasteiger partial charge in [0.05, 0.1) is 29.9 Å². The quantitative estimate of drug-likeness (QED) is 0.419. The van der Waals surface area contributed by atoms with Gasteiger partial charge < -0.3 is 26.3 Å². The molecule has 0 saturated carbocycles. The summed E-state index contributed by atoms with van der Waals surface area (Å²) >= 11 is 0. The Hall–Kier alpha value is -3.84. The molecule has 7 heteroatoms. The Morgan fingerprint density at radius 2 is 1.82 bits per heavy atom. The average Bonchev–Trinajstić information content (AvgIpc) is 3.26. The van der Waals surface area contributed by atoms with E-state index in [-0.39, 0.29) is 6.61 Å². The van der Waals surface area contributed by atoms with Crippen LogP contribution in [0.25, 0.3) is 22.6 Å². The number of rotatable bonds is 5. The number of aliphatic hydroxyl groups is 1. The van der Waals surface area contributed by atoms with Crippen LogP contribution in [0, 0.1) is 0 Å². The third kappa shape index (κ3) is 3.51. The molecule has 7 nitrogen and oxygen atoms in total. The van der Waals surface area contributed by atoms with E-state index in [1.165, 1.54) is 6.39 Å². The van der Waals surface area contributed by atoms with Gasteiger partial charge in [-0.25, -0.2) is 9.97 Å². The van der Waals surface area contributed by atoms with E-state index < -0.39 is 0 Å². The second-order valence-electron chi connectivity index (χ2n) is 6.29. The molecule has 2 aromatic heterocycles. The number of nitrogens with zero attached hydrogens (tertiary/aromatic N) is 2. The van der Waals surface area contributed by atoms with E-state index in [9.17, 15) is 5.11 Å². The SMILES string of the molecule is Nc1cc(Nc2ccc(-c3cnco3)cc2)nc(-c2cccc(CO)c2)c1N. The summed E-state index contributed by atoms with van der Waals surface area (Å²) < 4.78 is 5.30. The van der Waals surface area contributed by atoms with Crippen molar-refractivity contribution in [2.75, 3.05) is 16.8 Å². The lowest BCUT2D eigenvalue weighted by atomic mass is 10.1. The molecule has 0 fully saturated rings. The molecule has 2 heterocycles. The van der Waals surface area contributed by atoms with Crippen molar-refractivity contribution in [3.63, 3.8) is 0 Å². The number of benzene rings is 2. The topological polar surface area (TPSA) is 123 Å². The third-order valence-electron chi connectivity index (χ3n) is 4.35. The lowest BCUT2D eigenvalue weighted by Crippen LogP contribution is -2.03. The number of pyridine rings is 1. The number of nitrogens with two attached hydrogens (primary N) is 2. The van der Waals surface area contributed by atoms with E-state index in [0.29, 0.717) is 28.6 Å². The minimum atomic E-state index is -0.0568. The molecule has 140 valence electrons. The Morgan fingerprint density at radius 3 is 2.54 bits per heavy atom. The number of nitrogens with one attached hydrogen (secondary N) is 1. The molecule has 0 amide bonds. The first kappa shape index (κ1) is 17.6. The zero-order valence-electron chi connectivity index (χ0n) is 15.0. The molecular weight excluding hydrogens is 354 g/mol. The van der Waals surface area contributed by atoms with Crippen LogP contribution in [0.2, 0.25) is 0 Å². The lowest BCUT2D eigenvalue weighted by molar-refractivity contribution is 0.282. The highest BCUT2D eigenvalue weighted by molar-refractivity contribution is 5.84. The van der Waals surface area contributed by atoms with E-state index >= 15 is 0 Å². The first-order chi connectivity index (χ1) is 13.6. The predicted molar refractivity (Wildman–Crippen MR) is 110 cm³/mol. The molecule has 0 bridgehead atoms. The molecule has 4 rings (SSSR count). The van der Waals surface area contributed by atoms with Gasteiger partial charge in [0, 0.05) is 22.9 Å². The van der Waals surface area contributed by atoms with Crippen molar-refractivity contribution in [3.8, 4) is 22.6 Å². The van der Waals surface area contributed by atoms with Gasteiger partial charge in [0.2, 0.25) is 0 Å². The zero-order valence-corrected chi connectivity index (χ0v) is 15.0. The smallest absolute Gasteiger partial charge is 0.181 e. The van der Waals surface area contributed by atoms with Gasteiger partial charge in [-0.3, -0.25) is 0 Å². The van der Waals surface area contributed by atoms with Crippen LogP contribution in [0.3, 0.4) is 0 Å². The third-order valence-corrected chi connectivity index (χ3v) is 4.35. The van der Waals surface area contributed by atoms with Gasteiger partial charge in [0.1, 0.15) is 5.82 Å². The summed E-state index contributed by atoms with van der Waals surface area (Å²) in [5.41, 5.74) is 17.0. The monoisotopic (exact) mass is 373 g/mol. The summed E-state index contributed by atoms with van der Waals surface area (Å²) in [6.07, 6.45) is 3.06. The fourth-order valence-corrected chi connectivity index (χ4v) is 2.90. The van der Waals surface area contributed by atoms with Crippen molar-refractivity contribution in [1.29, 1.82) is 0 Å². The van der Waals surface area contributed by atoms with Gasteiger partial charge >= 0.3 is 0 Å². The van der Waals surface area contributed by atoms with Crippen LogP contribution in [-0.2, 0) is 6.61 Å². The number of hydrogen-bond acceptors (Lipinski definition) is 7. The summed E-state index contributed by atoms with van der Waals surface area (Å²) in [6.45, 7) is -0.0568. The fourth-order valence-electron chi connectivity index (χ4n) is 2.90. The minimum absolute atomic E-state index is 0.0568. The van der Waals surface area contributed by atoms with Crippen molar-refractivity contribution >= 4 is 22.9 Å². The highest BCUT2D eigenvalue weighted by atomic mass is 16.3. The summed E-state index contributed by atoms with van der Waals surface area (Å²) in [6, 6.07) is 16.8. The molecule has 0 spiro atoms. The molecule has 0 aliphatic heterocycles. The standard InChI is InChI=1S/C21H19N5O2/c22-17-9-19(25-16-6-4-14(5-7-16)18-10-24-12-28-18)26-21(20(17)23)15-3-1-2-13(8-15)11-27/h1-10,12,27H,11,23H2,(H3,22,25,26). The first-order valence-corrected chi connectivity index (χ1v) is 8.66. The Balaban J connectivity index is 1.64. The molecule has 0 aliphatic carbocycles. The molecule has 2 aromatic carbocycles. The molecule has 28 heavy (non-hydrogen) atoms. The molecule has 0 unspecified atom stereocenters. The van der Waals surface area contributed by atoms with Crippen LogP contribution >= 0.6 is 0 Å². The summed E-state index contributed by atoms with van der Waals surface area (Å²) in [7, 11) is 0. The van der Waals surface area contributed by atoms with Gasteiger partial charge in [-0.05, 0) is 35.9 Å². The minimum Gasteiger partial charge on any atom is -0.444 e. The fraction of sp³-hybridized carbons (Fsp3) is 0.0476. The van der Waals surface area contributed by atoms with E-state index in [1.54, 1.807) is 12.3 Å². The Morgan fingerprint density at radius 1 is 1.00 bits per heavy atom. The summed E-state index contributed by atoms with van der Waals surface area (Å²) in [5.74, 6) is 1.27. The number of hydrogen-bond donors (Lipinski definition) is 4. The van der Waals surface area contributed by atoms with Crippen molar-refractivity contribution in [1.82, 2.24) is 9.97 Å². The maximum Gasteiger partial charge on any atom is 0.181 e. The van der Waals surface area contributed by atoms with Crippen molar-refractivity contribution in [2.24, 2.45) is 0 Å². The van der Waals surface area contributed by atoms with Crippen LogP contribution in [0.5, 0.6) is 0 Å². The maximum absolute atomic E-state index is 9.37. The Bertz CT molecular complexity index is 1090. The van der Waals surface area contributed by atoms with Gasteiger partial charge in [-0.2, -0.15) is 0 Å². The van der Waals surface area contributed by atoms with Crippen molar-refractivity contribution in [3.05, 3.63) is 72.8 Å². The largest absolute Gasteiger partial charge is 0.444 e. The van der Waals surface area contributed by atoms with Crippen LogP contribution < -0.4 is 16.8 Å². The second-order valence-corrected chi connectivity index (χ2v) is 6.29. The van der Waals surface area contributed by atoms with E-state index in [1.807, 2.05) is 48.5 Å². The summed E-state index contributed by atoms with van der Waals surface area (Å²) in [5, 5.41) is 12.6. The van der Waals surface area contributed by atoms with E-state index in [4.69, 9.17) is 15.9 Å². The molecule has 4 aromatic rings.